The monoisotopic (exact) mass is 426 g/mol. The zero-order valence-corrected chi connectivity index (χ0v) is 16.2. The molecule has 0 amide bonds. The summed E-state index contributed by atoms with van der Waals surface area (Å²) in [6, 6.07) is 6.31. The van der Waals surface area contributed by atoms with Crippen LogP contribution >= 0.6 is 0 Å². The van der Waals surface area contributed by atoms with E-state index in [9.17, 15) is 14.4 Å². The molecule has 1 rings (SSSR count). The number of aliphatic hydroxyl groups excluding tert-OH is 5. The third kappa shape index (κ3) is 9.07. The fourth-order valence-electron chi connectivity index (χ4n) is 1.88. The van der Waals surface area contributed by atoms with E-state index in [0.29, 0.717) is 0 Å². The number of carbonyl (C=O) groups is 3. The van der Waals surface area contributed by atoms with Crippen LogP contribution in [-0.2, 0) is 14.3 Å². The molecule has 0 saturated carbocycles. The van der Waals surface area contributed by atoms with Gasteiger partial charge in [0.25, 0.3) is 0 Å². The molecule has 10 nitrogen and oxygen atoms in total. The van der Waals surface area contributed by atoms with Crippen LogP contribution in [0, 0.1) is 0 Å². The highest BCUT2D eigenvalue weighted by atomic mass is 16.5. The average molecular weight is 426 g/mol. The Bertz CT molecular complexity index is 660. The summed E-state index contributed by atoms with van der Waals surface area (Å²) in [4.78, 5) is 33.3. The maximum Gasteiger partial charge on any atom is 0.339 e. The van der Waals surface area contributed by atoms with E-state index in [0.717, 1.165) is 0 Å². The second kappa shape index (κ2) is 15.0. The van der Waals surface area contributed by atoms with Crippen LogP contribution in [0.2, 0.25) is 0 Å². The Morgan fingerprint density at radius 3 is 1.67 bits per heavy atom. The van der Waals surface area contributed by atoms with E-state index in [4.69, 9.17) is 35.0 Å². The Balaban J connectivity index is 0.000000612. The highest BCUT2D eigenvalue weighted by Crippen LogP contribution is 2.12. The smallest absolute Gasteiger partial charge is 0.339 e. The summed E-state index contributed by atoms with van der Waals surface area (Å²) in [7, 11) is 0. The van der Waals surface area contributed by atoms with E-state index >= 15 is 0 Å². The van der Waals surface area contributed by atoms with E-state index in [-0.39, 0.29) is 30.6 Å². The van der Waals surface area contributed by atoms with Gasteiger partial charge < -0.3 is 39.8 Å². The molecule has 5 N–H and O–H groups in total. The fourth-order valence-corrected chi connectivity index (χ4v) is 1.88. The van der Waals surface area contributed by atoms with Gasteiger partial charge in [0, 0.05) is 0 Å². The number of aldehydes is 1. The van der Waals surface area contributed by atoms with Crippen LogP contribution in [-0.4, -0.2) is 88.0 Å². The van der Waals surface area contributed by atoms with Gasteiger partial charge in [-0.15, -0.1) is 0 Å². The predicted molar refractivity (Wildman–Crippen MR) is 105 cm³/mol. The molecule has 1 aromatic rings. The zero-order valence-electron chi connectivity index (χ0n) is 16.2. The normalized spacial score (nSPS) is 14.0. The summed E-state index contributed by atoms with van der Waals surface area (Å²) < 4.78 is 9.78. The summed E-state index contributed by atoms with van der Waals surface area (Å²) >= 11 is 0. The summed E-state index contributed by atoms with van der Waals surface area (Å²) in [5.74, 6) is -1.16. The molecule has 0 aliphatic heterocycles. The lowest BCUT2D eigenvalue weighted by atomic mass is 10.0. The van der Waals surface area contributed by atoms with Crippen LogP contribution in [0.15, 0.2) is 49.6 Å². The molecular formula is C20H26O10. The highest BCUT2D eigenvalue weighted by Gasteiger charge is 2.29. The van der Waals surface area contributed by atoms with Crippen LogP contribution < -0.4 is 0 Å². The van der Waals surface area contributed by atoms with Gasteiger partial charge in [0.1, 0.15) is 37.6 Å². The molecular weight excluding hydrogens is 400 g/mol. The summed E-state index contributed by atoms with van der Waals surface area (Å²) in [6.07, 6.45) is -3.93. The number of rotatable bonds is 11. The van der Waals surface area contributed by atoms with Gasteiger partial charge in [-0.25, -0.2) is 9.59 Å². The Morgan fingerprint density at radius 2 is 1.33 bits per heavy atom. The number of hydrogen-bond donors (Lipinski definition) is 5. The first-order chi connectivity index (χ1) is 14.2. The van der Waals surface area contributed by atoms with Crippen molar-refractivity contribution in [3.8, 4) is 0 Å². The van der Waals surface area contributed by atoms with Gasteiger partial charge in [-0.3, -0.25) is 0 Å². The van der Waals surface area contributed by atoms with E-state index in [1.54, 1.807) is 12.1 Å². The molecule has 0 spiro atoms. The van der Waals surface area contributed by atoms with Gasteiger partial charge in [0.05, 0.1) is 17.7 Å². The minimum Gasteiger partial charge on any atom is -0.458 e. The third-order valence-corrected chi connectivity index (χ3v) is 3.45. The molecule has 0 aromatic heterocycles. The molecule has 0 bridgehead atoms. The molecule has 0 radical (unpaired) electrons. The second-order valence-electron chi connectivity index (χ2n) is 5.68. The van der Waals surface area contributed by atoms with Gasteiger partial charge >= 0.3 is 11.9 Å². The average Bonchev–Trinajstić information content (AvgIpc) is 2.79. The van der Waals surface area contributed by atoms with Crippen molar-refractivity contribution < 1.29 is 49.4 Å². The molecule has 10 heteroatoms. The summed E-state index contributed by atoms with van der Waals surface area (Å²) in [5.41, 5.74) is 0.349. The first-order valence-corrected chi connectivity index (χ1v) is 8.68. The molecule has 0 heterocycles. The molecule has 1 aromatic carbocycles. The van der Waals surface area contributed by atoms with E-state index < -0.39 is 43.0 Å². The first kappa shape index (κ1) is 27.1. The number of carbonyl (C=O) groups excluding carboxylic acids is 3. The van der Waals surface area contributed by atoms with Crippen molar-refractivity contribution in [1.29, 1.82) is 0 Å². The van der Waals surface area contributed by atoms with Crippen molar-refractivity contribution in [2.45, 2.75) is 24.4 Å². The highest BCUT2D eigenvalue weighted by molar-refractivity contribution is 6.03. The van der Waals surface area contributed by atoms with Crippen LogP contribution in [0.4, 0.5) is 0 Å². The van der Waals surface area contributed by atoms with Crippen molar-refractivity contribution in [2.24, 2.45) is 0 Å². The first-order valence-electron chi connectivity index (χ1n) is 8.68. The molecule has 4 atom stereocenters. The molecule has 4 unspecified atom stereocenters. The molecule has 0 aliphatic carbocycles. The quantitative estimate of drug-likeness (QED) is 0.168. The lowest BCUT2D eigenvalue weighted by Crippen LogP contribution is -2.46. The fraction of sp³-hybridized carbons (Fsp3) is 0.350. The van der Waals surface area contributed by atoms with Gasteiger partial charge in [-0.05, 0) is 12.1 Å². The zero-order chi connectivity index (χ0) is 23.1. The van der Waals surface area contributed by atoms with Crippen molar-refractivity contribution in [1.82, 2.24) is 0 Å². The van der Waals surface area contributed by atoms with Crippen molar-refractivity contribution >= 4 is 18.2 Å². The Kier molecular flexibility index (Phi) is 13.6. The van der Waals surface area contributed by atoms with Crippen molar-refractivity contribution in [2.75, 3.05) is 19.8 Å². The van der Waals surface area contributed by atoms with Gasteiger partial charge in [0.2, 0.25) is 0 Å². The Hall–Kier alpha value is -2.89. The van der Waals surface area contributed by atoms with E-state index in [2.05, 4.69) is 13.2 Å². The molecule has 0 fully saturated rings. The molecule has 166 valence electrons. The van der Waals surface area contributed by atoms with E-state index in [1.165, 1.54) is 24.3 Å². The number of hydrogen-bond acceptors (Lipinski definition) is 10. The molecule has 0 saturated heterocycles. The Morgan fingerprint density at radius 1 is 0.900 bits per heavy atom. The maximum atomic E-state index is 11.7. The Labute approximate surface area is 173 Å². The lowest BCUT2D eigenvalue weighted by Gasteiger charge is -2.22. The lowest BCUT2D eigenvalue weighted by molar-refractivity contribution is -0.136. The van der Waals surface area contributed by atoms with Crippen LogP contribution in [0.5, 0.6) is 0 Å². The topological polar surface area (TPSA) is 171 Å². The van der Waals surface area contributed by atoms with Crippen LogP contribution in [0.1, 0.15) is 20.7 Å². The number of aliphatic hydroxyl groups is 5. The van der Waals surface area contributed by atoms with Crippen molar-refractivity contribution in [3.63, 3.8) is 0 Å². The second-order valence-corrected chi connectivity index (χ2v) is 5.68. The largest absolute Gasteiger partial charge is 0.458 e. The molecule has 30 heavy (non-hydrogen) atoms. The van der Waals surface area contributed by atoms with Crippen LogP contribution in [0.3, 0.4) is 0 Å². The number of ether oxygens (including phenoxy) is 2. The number of esters is 2. The van der Waals surface area contributed by atoms with Gasteiger partial charge in [-0.2, -0.15) is 0 Å². The SMILES string of the molecule is C=CCOC(=O)c1ccccc1C(=O)OCC=C.O=CC(O)C(O)C(O)C(O)CO. The minimum absolute atomic E-state index is 0.0258. The standard InChI is InChI=1S/C14H14O4.C6H12O6/c1-3-9-17-13(15)11-7-5-6-8-12(11)14(16)18-10-4-2;7-1-3(9)5(11)6(12)4(10)2-8/h3-8H,1-2,9-10H2;1,3-6,8-12H,2H2. The molecule has 0 aliphatic rings. The van der Waals surface area contributed by atoms with Crippen LogP contribution in [0.25, 0.3) is 0 Å². The summed E-state index contributed by atoms with van der Waals surface area (Å²) in [5, 5.41) is 43.5. The van der Waals surface area contributed by atoms with Gasteiger partial charge in [0.15, 0.2) is 6.29 Å². The third-order valence-electron chi connectivity index (χ3n) is 3.45. The number of benzene rings is 1. The van der Waals surface area contributed by atoms with Crippen molar-refractivity contribution in [3.05, 3.63) is 60.7 Å². The summed E-state index contributed by atoms with van der Waals surface area (Å²) in [6.45, 7) is 6.31. The van der Waals surface area contributed by atoms with E-state index in [1.807, 2.05) is 0 Å². The van der Waals surface area contributed by atoms with Gasteiger partial charge in [-0.1, -0.05) is 37.4 Å². The minimum atomic E-state index is -1.79. The predicted octanol–water partition coefficient (Wildman–Crippen LogP) is -1.01. The maximum absolute atomic E-state index is 11.7.